The molecule has 3 aromatic carbocycles. The van der Waals surface area contributed by atoms with Crippen molar-refractivity contribution in [2.45, 2.75) is 24.4 Å². The fourth-order valence-corrected chi connectivity index (χ4v) is 5.53. The molecule has 0 aliphatic rings. The monoisotopic (exact) mass is 528 g/mol. The first-order chi connectivity index (χ1) is 17.6. The summed E-state index contributed by atoms with van der Waals surface area (Å²) in [5.74, 6) is 0. The van der Waals surface area contributed by atoms with E-state index in [0.29, 0.717) is 5.56 Å². The smallest absolute Gasteiger partial charge is 0.175 e. The molecule has 7 heteroatoms. The maximum atomic E-state index is 15.0. The molecule has 2 heterocycles. The highest BCUT2D eigenvalue weighted by molar-refractivity contribution is 7.90. The highest BCUT2D eigenvalue weighted by atomic mass is 32.2. The van der Waals surface area contributed by atoms with Crippen molar-refractivity contribution < 1.29 is 12.8 Å². The van der Waals surface area contributed by atoms with Gasteiger partial charge in [0.05, 0.1) is 10.4 Å². The molecule has 0 atom stereocenters. The van der Waals surface area contributed by atoms with Gasteiger partial charge in [-0.3, -0.25) is 4.98 Å². The van der Waals surface area contributed by atoms with Crippen LogP contribution in [0.1, 0.15) is 35.5 Å². The van der Waals surface area contributed by atoms with Gasteiger partial charge in [-0.1, -0.05) is 36.4 Å². The van der Waals surface area contributed by atoms with E-state index in [2.05, 4.69) is 16.0 Å². The van der Waals surface area contributed by atoms with Crippen molar-refractivity contribution in [3.8, 4) is 11.1 Å². The molecule has 0 unspecified atom stereocenters. The van der Waals surface area contributed by atoms with Crippen LogP contribution >= 0.6 is 11.3 Å². The van der Waals surface area contributed by atoms with Crippen LogP contribution < -0.4 is 0 Å². The van der Waals surface area contributed by atoms with Crippen molar-refractivity contribution in [1.29, 1.82) is 0 Å². The van der Waals surface area contributed by atoms with E-state index >= 15 is 0 Å². The second-order valence-electron chi connectivity index (χ2n) is 9.39. The zero-order chi connectivity index (χ0) is 26.2. The predicted molar refractivity (Wildman–Crippen MR) is 150 cm³/mol. The maximum absolute atomic E-state index is 15.0. The third kappa shape index (κ3) is 5.38. The lowest BCUT2D eigenvalue weighted by Gasteiger charge is -2.18. The zero-order valence-electron chi connectivity index (χ0n) is 20.6. The van der Waals surface area contributed by atoms with Crippen molar-refractivity contribution in [3.05, 3.63) is 112 Å². The van der Waals surface area contributed by atoms with Crippen LogP contribution in [0.5, 0.6) is 0 Å². The molecule has 0 saturated heterocycles. The van der Waals surface area contributed by atoms with Crippen molar-refractivity contribution >= 4 is 43.7 Å². The Hall–Kier alpha value is -3.68. The fourth-order valence-electron chi connectivity index (χ4n) is 4.22. The lowest BCUT2D eigenvalue weighted by atomic mass is 9.92. The molecule has 186 valence electrons. The average molecular weight is 529 g/mol. The molecular formula is C30H25FN2O2S2. The van der Waals surface area contributed by atoms with Gasteiger partial charge < -0.3 is 0 Å². The van der Waals surface area contributed by atoms with E-state index in [4.69, 9.17) is 0 Å². The van der Waals surface area contributed by atoms with Crippen molar-refractivity contribution in [3.63, 3.8) is 0 Å². The molecule has 0 N–H and O–H groups in total. The molecule has 0 aliphatic heterocycles. The van der Waals surface area contributed by atoms with Crippen LogP contribution in [-0.4, -0.2) is 24.6 Å². The number of thiazole rings is 1. The summed E-state index contributed by atoms with van der Waals surface area (Å²) in [7, 11) is -3.29. The highest BCUT2D eigenvalue weighted by Gasteiger charge is 2.21. The molecular weight excluding hydrogens is 503 g/mol. The van der Waals surface area contributed by atoms with E-state index in [9.17, 15) is 12.8 Å². The summed E-state index contributed by atoms with van der Waals surface area (Å²) in [4.78, 5) is 9.36. The van der Waals surface area contributed by atoms with Gasteiger partial charge in [0.1, 0.15) is 10.7 Å². The molecule has 5 aromatic rings. The molecule has 0 fully saturated rings. The number of alkyl halides is 1. The van der Waals surface area contributed by atoms with Crippen LogP contribution in [0.4, 0.5) is 4.39 Å². The standard InChI is InChI=1S/C30H25FN2O2S2/c1-30(2,31)24-18-23-8-5-13-32-28(23)26(19-24)22-7-4-6-20(16-22)17-27(29-33-14-15-36-29)21-9-11-25(12-10-21)37(3,34)35/h4-19H,1-3H3/b27-17-. The topological polar surface area (TPSA) is 59.9 Å². The number of sulfone groups is 1. The Morgan fingerprint density at radius 3 is 2.41 bits per heavy atom. The Kier molecular flexibility index (Phi) is 6.52. The van der Waals surface area contributed by atoms with Crippen LogP contribution in [0.3, 0.4) is 0 Å². The molecule has 0 radical (unpaired) electrons. The molecule has 0 amide bonds. The van der Waals surface area contributed by atoms with Gasteiger partial charge in [-0.25, -0.2) is 17.8 Å². The van der Waals surface area contributed by atoms with Gasteiger partial charge in [-0.15, -0.1) is 11.3 Å². The second-order valence-corrected chi connectivity index (χ2v) is 12.3. The summed E-state index contributed by atoms with van der Waals surface area (Å²) in [6, 6.07) is 22.4. The number of benzene rings is 3. The normalized spacial score (nSPS) is 12.7. The summed E-state index contributed by atoms with van der Waals surface area (Å²) in [6.45, 7) is 3.12. The van der Waals surface area contributed by atoms with Crippen LogP contribution in [0.15, 0.2) is 95.5 Å². The average Bonchev–Trinajstić information content (AvgIpc) is 3.40. The Labute approximate surface area is 220 Å². The minimum atomic E-state index is -3.29. The van der Waals surface area contributed by atoms with E-state index in [-0.39, 0.29) is 4.90 Å². The van der Waals surface area contributed by atoms with Gasteiger partial charge in [0.25, 0.3) is 0 Å². The largest absolute Gasteiger partial charge is 0.256 e. The van der Waals surface area contributed by atoms with Gasteiger partial charge in [0, 0.05) is 40.6 Å². The summed E-state index contributed by atoms with van der Waals surface area (Å²) >= 11 is 1.51. The number of pyridine rings is 1. The maximum Gasteiger partial charge on any atom is 0.175 e. The Morgan fingerprint density at radius 2 is 1.73 bits per heavy atom. The first kappa shape index (κ1) is 25.0. The summed E-state index contributed by atoms with van der Waals surface area (Å²) in [6.07, 6.45) is 6.73. The first-order valence-corrected chi connectivity index (χ1v) is 14.5. The second kappa shape index (κ2) is 9.65. The highest BCUT2D eigenvalue weighted by Crippen LogP contribution is 2.35. The number of rotatable bonds is 6. The van der Waals surface area contributed by atoms with Crippen LogP contribution in [0.25, 0.3) is 33.7 Å². The number of fused-ring (bicyclic) bond motifs is 1. The van der Waals surface area contributed by atoms with Gasteiger partial charge >= 0.3 is 0 Å². The minimum absolute atomic E-state index is 0.270. The van der Waals surface area contributed by atoms with Crippen molar-refractivity contribution in [2.24, 2.45) is 0 Å². The van der Waals surface area contributed by atoms with Crippen LogP contribution in [-0.2, 0) is 15.5 Å². The van der Waals surface area contributed by atoms with Gasteiger partial charge in [-0.2, -0.15) is 0 Å². The lowest BCUT2D eigenvalue weighted by Crippen LogP contribution is -2.09. The molecule has 2 aromatic heterocycles. The van der Waals surface area contributed by atoms with Crippen molar-refractivity contribution in [2.75, 3.05) is 6.26 Å². The van der Waals surface area contributed by atoms with Crippen molar-refractivity contribution in [1.82, 2.24) is 9.97 Å². The van der Waals surface area contributed by atoms with Gasteiger partial charge in [0.15, 0.2) is 9.84 Å². The molecule has 5 rings (SSSR count). The third-order valence-corrected chi connectivity index (χ3v) is 8.09. The predicted octanol–water partition coefficient (Wildman–Crippen LogP) is 7.56. The number of nitrogens with zero attached hydrogens (tertiary/aromatic N) is 2. The Morgan fingerprint density at radius 1 is 0.946 bits per heavy atom. The number of halogens is 1. The van der Waals surface area contributed by atoms with E-state index in [0.717, 1.165) is 43.7 Å². The lowest BCUT2D eigenvalue weighted by molar-refractivity contribution is 0.222. The minimum Gasteiger partial charge on any atom is -0.256 e. The zero-order valence-corrected chi connectivity index (χ0v) is 22.3. The Bertz CT molecular complexity index is 1720. The quantitative estimate of drug-likeness (QED) is 0.213. The molecule has 4 nitrogen and oxygen atoms in total. The molecule has 0 saturated carbocycles. The van der Waals surface area contributed by atoms with Gasteiger partial charge in [-0.05, 0) is 78.6 Å². The first-order valence-electron chi connectivity index (χ1n) is 11.7. The number of hydrogen-bond acceptors (Lipinski definition) is 5. The van der Waals surface area contributed by atoms with Gasteiger partial charge in [0.2, 0.25) is 0 Å². The van der Waals surface area contributed by atoms with E-state index in [1.807, 2.05) is 53.9 Å². The fraction of sp³-hybridized carbons (Fsp3) is 0.133. The molecule has 0 aliphatic carbocycles. The summed E-state index contributed by atoms with van der Waals surface area (Å²) < 4.78 is 38.8. The Balaban J connectivity index is 1.64. The van der Waals surface area contributed by atoms with E-state index in [1.165, 1.54) is 17.6 Å². The number of hydrogen-bond donors (Lipinski definition) is 0. The van der Waals surface area contributed by atoms with E-state index < -0.39 is 15.5 Å². The van der Waals surface area contributed by atoms with Crippen LogP contribution in [0, 0.1) is 0 Å². The van der Waals surface area contributed by atoms with E-state index in [1.54, 1.807) is 50.5 Å². The molecule has 0 bridgehead atoms. The molecule has 0 spiro atoms. The molecule has 37 heavy (non-hydrogen) atoms. The SMILES string of the molecule is CC(C)(F)c1cc(-c2cccc(/C=C(/c3ccc(S(C)(=O)=O)cc3)c3nccs3)c2)c2ncccc2c1. The number of aromatic nitrogens is 2. The summed E-state index contributed by atoms with van der Waals surface area (Å²) in [5.41, 5.74) is 4.38. The van der Waals surface area contributed by atoms with Crippen LogP contribution in [0.2, 0.25) is 0 Å². The summed E-state index contributed by atoms with van der Waals surface area (Å²) in [5, 5.41) is 3.62. The third-order valence-electron chi connectivity index (χ3n) is 6.16.